The normalized spacial score (nSPS) is 9.82. The Kier molecular flexibility index (Phi) is 3.46. The average molecular weight is 229 g/mol. The third-order valence-corrected chi connectivity index (χ3v) is 2.21. The van der Waals surface area contributed by atoms with Crippen LogP contribution >= 0.6 is 0 Å². The highest BCUT2D eigenvalue weighted by molar-refractivity contribution is 5.45. The van der Waals surface area contributed by atoms with Gasteiger partial charge in [-0.2, -0.15) is 0 Å². The molecular weight excluding hydrogens is 220 g/mol. The van der Waals surface area contributed by atoms with Crippen molar-refractivity contribution in [3.63, 3.8) is 0 Å². The molecule has 84 valence electrons. The zero-order valence-electron chi connectivity index (χ0n) is 8.90. The van der Waals surface area contributed by atoms with Crippen LogP contribution in [0.4, 0.5) is 8.78 Å². The van der Waals surface area contributed by atoms with Crippen molar-refractivity contribution >= 4 is 0 Å². The minimum atomic E-state index is -2.53. The summed E-state index contributed by atoms with van der Waals surface area (Å²) in [7, 11) is 0. The van der Waals surface area contributed by atoms with E-state index in [0.717, 1.165) is 5.56 Å². The van der Waals surface area contributed by atoms with Crippen molar-refractivity contribution < 1.29 is 8.78 Å². The molecule has 2 rings (SSSR count). The second-order valence-corrected chi connectivity index (χ2v) is 3.38. The van der Waals surface area contributed by atoms with Gasteiger partial charge >= 0.3 is 0 Å². The predicted octanol–water partition coefficient (Wildman–Crippen LogP) is 3.42. The summed E-state index contributed by atoms with van der Waals surface area (Å²) in [5.41, 5.74) is 0.978. The van der Waals surface area contributed by atoms with Crippen LogP contribution in [0, 0.1) is 11.8 Å². The third kappa shape index (κ3) is 2.88. The largest absolute Gasteiger partial charge is 0.265 e. The minimum Gasteiger partial charge on any atom is -0.263 e. The zero-order chi connectivity index (χ0) is 12.1. The van der Waals surface area contributed by atoms with Crippen molar-refractivity contribution in [2.45, 2.75) is 6.43 Å². The molecule has 0 saturated carbocycles. The minimum absolute atomic E-state index is 0.0802. The summed E-state index contributed by atoms with van der Waals surface area (Å²) in [4.78, 5) is 3.80. The second kappa shape index (κ2) is 5.22. The van der Waals surface area contributed by atoms with Crippen molar-refractivity contribution in [1.29, 1.82) is 0 Å². The lowest BCUT2D eigenvalue weighted by atomic mass is 10.1. The van der Waals surface area contributed by atoms with E-state index in [1.165, 1.54) is 18.5 Å². The van der Waals surface area contributed by atoms with Crippen molar-refractivity contribution in [2.24, 2.45) is 0 Å². The van der Waals surface area contributed by atoms with Gasteiger partial charge in [0, 0.05) is 23.5 Å². The van der Waals surface area contributed by atoms with Gasteiger partial charge in [0.15, 0.2) is 0 Å². The number of benzene rings is 1. The maximum atomic E-state index is 12.7. The molecule has 0 spiro atoms. The Bertz CT molecular complexity index is 553. The number of nitrogens with zero attached hydrogens (tertiary/aromatic N) is 1. The summed E-state index contributed by atoms with van der Waals surface area (Å²) >= 11 is 0. The number of hydrogen-bond donors (Lipinski definition) is 0. The first-order valence-corrected chi connectivity index (χ1v) is 5.06. The van der Waals surface area contributed by atoms with Crippen LogP contribution in [0.2, 0.25) is 0 Å². The standard InChI is InChI=1S/C14H9F2N/c15-14(16)13-8-9-17-10-12(13)7-6-11-4-2-1-3-5-11/h1-5,8-10,14H. The maximum absolute atomic E-state index is 12.7. The molecule has 0 N–H and O–H groups in total. The molecule has 0 saturated heterocycles. The Morgan fingerprint density at radius 2 is 1.76 bits per heavy atom. The molecule has 1 aromatic carbocycles. The lowest BCUT2D eigenvalue weighted by molar-refractivity contribution is 0.151. The van der Waals surface area contributed by atoms with Crippen molar-refractivity contribution in [2.75, 3.05) is 0 Å². The fraction of sp³-hybridized carbons (Fsp3) is 0.0714. The maximum Gasteiger partial charge on any atom is 0.265 e. The first-order chi connectivity index (χ1) is 8.27. The van der Waals surface area contributed by atoms with Gasteiger partial charge in [-0.25, -0.2) is 8.78 Å². The predicted molar refractivity (Wildman–Crippen MR) is 61.6 cm³/mol. The van der Waals surface area contributed by atoms with E-state index in [9.17, 15) is 8.78 Å². The smallest absolute Gasteiger partial charge is 0.263 e. The van der Waals surface area contributed by atoms with Crippen molar-refractivity contribution in [3.05, 3.63) is 65.5 Å². The van der Waals surface area contributed by atoms with Gasteiger partial charge in [-0.3, -0.25) is 4.98 Å². The molecule has 0 atom stereocenters. The van der Waals surface area contributed by atoms with Crippen molar-refractivity contribution in [1.82, 2.24) is 4.98 Å². The van der Waals surface area contributed by atoms with Crippen LogP contribution in [-0.4, -0.2) is 4.98 Å². The summed E-state index contributed by atoms with van der Waals surface area (Å²) < 4.78 is 25.3. The van der Waals surface area contributed by atoms with Crippen LogP contribution < -0.4 is 0 Å². The molecule has 1 heterocycles. The number of rotatable bonds is 1. The van der Waals surface area contributed by atoms with Gasteiger partial charge in [-0.1, -0.05) is 30.0 Å². The van der Waals surface area contributed by atoms with Crippen LogP contribution in [0.3, 0.4) is 0 Å². The van der Waals surface area contributed by atoms with Gasteiger partial charge in [0.1, 0.15) is 0 Å². The molecule has 0 aliphatic carbocycles. The molecule has 0 aliphatic rings. The molecule has 0 aliphatic heterocycles. The summed E-state index contributed by atoms with van der Waals surface area (Å²) in [5, 5.41) is 0. The van der Waals surface area contributed by atoms with Gasteiger partial charge in [-0.15, -0.1) is 0 Å². The molecule has 0 radical (unpaired) electrons. The summed E-state index contributed by atoms with van der Waals surface area (Å²) in [5.74, 6) is 5.55. The zero-order valence-corrected chi connectivity index (χ0v) is 8.90. The topological polar surface area (TPSA) is 12.9 Å². The molecule has 3 heteroatoms. The quantitative estimate of drug-likeness (QED) is 0.683. The first-order valence-electron chi connectivity index (χ1n) is 5.06. The average Bonchev–Trinajstić information content (AvgIpc) is 2.38. The van der Waals surface area contributed by atoms with E-state index in [1.54, 1.807) is 0 Å². The molecule has 0 bridgehead atoms. The molecule has 0 unspecified atom stereocenters. The Morgan fingerprint density at radius 3 is 2.47 bits per heavy atom. The number of alkyl halides is 2. The van der Waals surface area contributed by atoms with Crippen LogP contribution in [-0.2, 0) is 0 Å². The highest BCUT2D eigenvalue weighted by Gasteiger charge is 2.10. The Morgan fingerprint density at radius 1 is 1.00 bits per heavy atom. The monoisotopic (exact) mass is 229 g/mol. The van der Waals surface area contributed by atoms with E-state index in [1.807, 2.05) is 30.3 Å². The van der Waals surface area contributed by atoms with Crippen LogP contribution in [0.5, 0.6) is 0 Å². The van der Waals surface area contributed by atoms with Gasteiger partial charge in [0.05, 0.1) is 5.56 Å². The van der Waals surface area contributed by atoms with E-state index in [-0.39, 0.29) is 11.1 Å². The third-order valence-electron chi connectivity index (χ3n) is 2.21. The van der Waals surface area contributed by atoms with Gasteiger partial charge in [-0.05, 0) is 18.2 Å². The first kappa shape index (κ1) is 11.3. The Labute approximate surface area is 98.1 Å². The molecule has 0 amide bonds. The Balaban J connectivity index is 2.34. The van der Waals surface area contributed by atoms with Crippen LogP contribution in [0.1, 0.15) is 23.1 Å². The van der Waals surface area contributed by atoms with Gasteiger partial charge < -0.3 is 0 Å². The van der Waals surface area contributed by atoms with Crippen molar-refractivity contribution in [3.8, 4) is 11.8 Å². The second-order valence-electron chi connectivity index (χ2n) is 3.38. The van der Waals surface area contributed by atoms with E-state index >= 15 is 0 Å². The van der Waals surface area contributed by atoms with E-state index in [4.69, 9.17) is 0 Å². The molecular formula is C14H9F2N. The summed E-state index contributed by atoms with van der Waals surface area (Å²) in [6.07, 6.45) is 0.171. The number of halogens is 2. The van der Waals surface area contributed by atoms with E-state index in [2.05, 4.69) is 16.8 Å². The van der Waals surface area contributed by atoms with E-state index in [0.29, 0.717) is 0 Å². The SMILES string of the molecule is FC(F)c1ccncc1C#Cc1ccccc1. The fourth-order valence-corrected chi connectivity index (χ4v) is 1.36. The lowest BCUT2D eigenvalue weighted by Gasteiger charge is -2.00. The lowest BCUT2D eigenvalue weighted by Crippen LogP contribution is -1.91. The molecule has 17 heavy (non-hydrogen) atoms. The molecule has 2 aromatic rings. The molecule has 0 fully saturated rings. The van der Waals surface area contributed by atoms with Gasteiger partial charge in [0.2, 0.25) is 0 Å². The number of hydrogen-bond acceptors (Lipinski definition) is 1. The molecule has 1 nitrogen and oxygen atoms in total. The fourth-order valence-electron chi connectivity index (χ4n) is 1.36. The summed E-state index contributed by atoms with van der Waals surface area (Å²) in [6, 6.07) is 10.5. The summed E-state index contributed by atoms with van der Waals surface area (Å²) in [6.45, 7) is 0. The van der Waals surface area contributed by atoms with Crippen LogP contribution in [0.15, 0.2) is 48.8 Å². The van der Waals surface area contributed by atoms with Gasteiger partial charge in [0.25, 0.3) is 6.43 Å². The van der Waals surface area contributed by atoms with E-state index < -0.39 is 6.43 Å². The highest BCUT2D eigenvalue weighted by Crippen LogP contribution is 2.21. The highest BCUT2D eigenvalue weighted by atomic mass is 19.3. The van der Waals surface area contributed by atoms with Crippen LogP contribution in [0.25, 0.3) is 0 Å². The molecule has 1 aromatic heterocycles. The Hall–Kier alpha value is -2.21. The number of pyridine rings is 1. The number of aromatic nitrogens is 1.